The van der Waals surface area contributed by atoms with Gasteiger partial charge in [0.2, 0.25) is 0 Å². The molecule has 3 rings (SSSR count). The number of carbonyl (C=O) groups is 1. The molecule has 0 aliphatic rings. The van der Waals surface area contributed by atoms with Crippen LogP contribution in [0, 0.1) is 0 Å². The summed E-state index contributed by atoms with van der Waals surface area (Å²) in [6.07, 6.45) is 1.52. The van der Waals surface area contributed by atoms with Crippen LogP contribution in [0.3, 0.4) is 0 Å². The third-order valence-corrected chi connectivity index (χ3v) is 5.58. The number of amides is 1. The average molecular weight is 441 g/mol. The fraction of sp³-hybridized carbons (Fsp3) is 0.0870. The van der Waals surface area contributed by atoms with Crippen molar-refractivity contribution in [3.05, 3.63) is 106 Å². The van der Waals surface area contributed by atoms with Gasteiger partial charge in [-0.1, -0.05) is 54.1 Å². The highest BCUT2D eigenvalue weighted by molar-refractivity contribution is 7.95. The number of sulfonamides is 1. The molecule has 0 radical (unpaired) electrons. The highest BCUT2D eigenvalue weighted by Crippen LogP contribution is 2.16. The van der Waals surface area contributed by atoms with Gasteiger partial charge in [0.1, 0.15) is 0 Å². The zero-order valence-corrected chi connectivity index (χ0v) is 17.9. The summed E-state index contributed by atoms with van der Waals surface area (Å²) < 4.78 is 27.0. The summed E-state index contributed by atoms with van der Waals surface area (Å²) in [7, 11) is -1.95. The van der Waals surface area contributed by atoms with Gasteiger partial charge in [-0.25, -0.2) is 8.42 Å². The van der Waals surface area contributed by atoms with E-state index in [1.54, 1.807) is 48.3 Å². The molecule has 1 amide bonds. The van der Waals surface area contributed by atoms with Crippen LogP contribution >= 0.6 is 11.6 Å². The van der Waals surface area contributed by atoms with Crippen LogP contribution in [0.25, 0.3) is 6.08 Å². The second-order valence-electron chi connectivity index (χ2n) is 6.73. The topological polar surface area (TPSA) is 66.5 Å². The van der Waals surface area contributed by atoms with Crippen LogP contribution in [-0.2, 0) is 16.6 Å². The first-order valence-electron chi connectivity index (χ1n) is 9.18. The smallest absolute Gasteiger partial charge is 0.255 e. The Labute approximate surface area is 181 Å². The number of anilines is 1. The van der Waals surface area contributed by atoms with Gasteiger partial charge in [0.25, 0.3) is 15.9 Å². The van der Waals surface area contributed by atoms with Crippen molar-refractivity contribution < 1.29 is 13.2 Å². The van der Waals surface area contributed by atoms with Crippen LogP contribution in [0.1, 0.15) is 21.5 Å². The number of hydrogen-bond acceptors (Lipinski definition) is 3. The second-order valence-corrected chi connectivity index (χ2v) is 8.73. The average Bonchev–Trinajstić information content (AvgIpc) is 2.74. The van der Waals surface area contributed by atoms with E-state index in [0.29, 0.717) is 22.8 Å². The van der Waals surface area contributed by atoms with E-state index >= 15 is 0 Å². The zero-order valence-electron chi connectivity index (χ0n) is 16.3. The molecule has 0 saturated carbocycles. The molecule has 0 heterocycles. The van der Waals surface area contributed by atoms with Crippen molar-refractivity contribution in [3.8, 4) is 0 Å². The first-order valence-corrected chi connectivity index (χ1v) is 11.1. The lowest BCUT2D eigenvalue weighted by atomic mass is 10.1. The van der Waals surface area contributed by atoms with Gasteiger partial charge < -0.3 is 4.90 Å². The molecule has 0 fully saturated rings. The lowest BCUT2D eigenvalue weighted by Gasteiger charge is -2.17. The molecule has 154 valence electrons. The Kier molecular flexibility index (Phi) is 6.92. The molecule has 0 saturated heterocycles. The molecule has 0 aliphatic carbocycles. The molecule has 1 N–H and O–H groups in total. The molecule has 5 nitrogen and oxygen atoms in total. The molecule has 0 spiro atoms. The quantitative estimate of drug-likeness (QED) is 0.560. The van der Waals surface area contributed by atoms with Gasteiger partial charge in [-0.15, -0.1) is 0 Å². The van der Waals surface area contributed by atoms with E-state index in [4.69, 9.17) is 11.6 Å². The largest absolute Gasteiger partial charge is 0.337 e. The number of rotatable bonds is 7. The maximum absolute atomic E-state index is 12.6. The van der Waals surface area contributed by atoms with E-state index < -0.39 is 10.0 Å². The second kappa shape index (κ2) is 9.61. The minimum absolute atomic E-state index is 0.164. The van der Waals surface area contributed by atoms with Crippen molar-refractivity contribution in [2.45, 2.75) is 6.54 Å². The third kappa shape index (κ3) is 6.20. The van der Waals surface area contributed by atoms with Crippen molar-refractivity contribution in [1.82, 2.24) is 4.90 Å². The van der Waals surface area contributed by atoms with Crippen molar-refractivity contribution in [2.24, 2.45) is 0 Å². The summed E-state index contributed by atoms with van der Waals surface area (Å²) >= 11 is 5.88. The molecule has 0 unspecified atom stereocenters. The summed E-state index contributed by atoms with van der Waals surface area (Å²) in [5.74, 6) is -0.164. The first-order chi connectivity index (χ1) is 14.3. The number of carbonyl (C=O) groups excluding carboxylic acids is 1. The fourth-order valence-corrected chi connectivity index (χ4v) is 3.76. The van der Waals surface area contributed by atoms with E-state index in [1.165, 1.54) is 6.08 Å². The Morgan fingerprint density at radius 3 is 2.23 bits per heavy atom. The summed E-state index contributed by atoms with van der Waals surface area (Å²) in [4.78, 5) is 14.2. The highest BCUT2D eigenvalue weighted by atomic mass is 35.5. The number of hydrogen-bond donors (Lipinski definition) is 1. The lowest BCUT2D eigenvalue weighted by Crippen LogP contribution is -2.26. The van der Waals surface area contributed by atoms with E-state index in [0.717, 1.165) is 16.5 Å². The molecule has 0 aromatic heterocycles. The van der Waals surface area contributed by atoms with E-state index in [2.05, 4.69) is 4.72 Å². The first kappa shape index (κ1) is 21.6. The van der Waals surface area contributed by atoms with Crippen LogP contribution < -0.4 is 4.72 Å². The Morgan fingerprint density at radius 2 is 1.60 bits per heavy atom. The van der Waals surface area contributed by atoms with Crippen LogP contribution in [0.15, 0.2) is 84.3 Å². The zero-order chi connectivity index (χ0) is 21.6. The van der Waals surface area contributed by atoms with Gasteiger partial charge in [-0.3, -0.25) is 9.52 Å². The lowest BCUT2D eigenvalue weighted by molar-refractivity contribution is 0.0785. The van der Waals surface area contributed by atoms with E-state index in [9.17, 15) is 13.2 Å². The van der Waals surface area contributed by atoms with Gasteiger partial charge >= 0.3 is 0 Å². The van der Waals surface area contributed by atoms with Crippen LogP contribution in [0.4, 0.5) is 5.69 Å². The third-order valence-electron chi connectivity index (χ3n) is 4.31. The van der Waals surface area contributed by atoms with Gasteiger partial charge in [-0.2, -0.15) is 0 Å². The van der Waals surface area contributed by atoms with Crippen molar-refractivity contribution in [3.63, 3.8) is 0 Å². The molecule has 7 heteroatoms. The minimum atomic E-state index is -3.66. The molecule has 0 bridgehead atoms. The molecular formula is C23H21ClN2O3S. The molecular weight excluding hydrogens is 420 g/mol. The van der Waals surface area contributed by atoms with Crippen LogP contribution in [0.5, 0.6) is 0 Å². The van der Waals surface area contributed by atoms with Gasteiger partial charge in [0.15, 0.2) is 0 Å². The van der Waals surface area contributed by atoms with Crippen molar-refractivity contribution >= 4 is 39.3 Å². The molecule has 0 aliphatic heterocycles. The summed E-state index contributed by atoms with van der Waals surface area (Å²) in [5.41, 5.74) is 2.59. The van der Waals surface area contributed by atoms with Gasteiger partial charge in [-0.05, 0) is 53.6 Å². The summed E-state index contributed by atoms with van der Waals surface area (Å²) in [6, 6.07) is 22.8. The predicted octanol–water partition coefficient (Wildman–Crippen LogP) is 5.02. The molecule has 3 aromatic rings. The van der Waals surface area contributed by atoms with Crippen LogP contribution in [-0.4, -0.2) is 26.3 Å². The van der Waals surface area contributed by atoms with Crippen LogP contribution in [0.2, 0.25) is 5.02 Å². The predicted molar refractivity (Wildman–Crippen MR) is 122 cm³/mol. The Hall–Kier alpha value is -3.09. The molecule has 30 heavy (non-hydrogen) atoms. The molecule has 3 aromatic carbocycles. The van der Waals surface area contributed by atoms with Gasteiger partial charge in [0, 0.05) is 29.9 Å². The number of nitrogens with zero attached hydrogens (tertiary/aromatic N) is 1. The summed E-state index contributed by atoms with van der Waals surface area (Å²) in [5, 5.41) is 1.76. The molecule has 0 atom stereocenters. The maximum atomic E-state index is 12.6. The Bertz CT molecular complexity index is 1130. The monoisotopic (exact) mass is 440 g/mol. The normalized spacial score (nSPS) is 11.4. The maximum Gasteiger partial charge on any atom is 0.255 e. The Balaban J connectivity index is 1.63. The fourth-order valence-electron chi connectivity index (χ4n) is 2.77. The standard InChI is InChI=1S/C23H21ClN2O3S/c1-26(17-19-7-11-21(24)12-8-19)23(27)20-9-13-22(14-10-20)25-30(28,29)16-15-18-5-3-2-4-6-18/h2-16,25H,17H2,1H3. The van der Waals surface area contributed by atoms with Crippen molar-refractivity contribution in [1.29, 1.82) is 0 Å². The summed E-state index contributed by atoms with van der Waals surface area (Å²) in [6.45, 7) is 0.439. The van der Waals surface area contributed by atoms with E-state index in [-0.39, 0.29) is 5.91 Å². The SMILES string of the molecule is CN(Cc1ccc(Cl)cc1)C(=O)c1ccc(NS(=O)(=O)C=Cc2ccccc2)cc1. The van der Waals surface area contributed by atoms with Gasteiger partial charge in [0.05, 0.1) is 5.41 Å². The Morgan fingerprint density at radius 1 is 0.967 bits per heavy atom. The van der Waals surface area contributed by atoms with Crippen molar-refractivity contribution in [2.75, 3.05) is 11.8 Å². The number of halogens is 1. The highest BCUT2D eigenvalue weighted by Gasteiger charge is 2.13. The number of benzene rings is 3. The minimum Gasteiger partial charge on any atom is -0.337 e. The van der Waals surface area contributed by atoms with E-state index in [1.807, 2.05) is 42.5 Å². The number of nitrogens with one attached hydrogen (secondary N) is 1.